The summed E-state index contributed by atoms with van der Waals surface area (Å²) in [7, 11) is 0. The van der Waals surface area contributed by atoms with E-state index in [-0.39, 0.29) is 11.5 Å². The van der Waals surface area contributed by atoms with Crippen LogP contribution in [0.5, 0.6) is 0 Å². The van der Waals surface area contributed by atoms with Crippen LogP contribution in [0.4, 0.5) is 0 Å². The number of amides is 1. The summed E-state index contributed by atoms with van der Waals surface area (Å²) in [6, 6.07) is 18.4. The molecule has 0 aliphatic carbocycles. The molecule has 116 valence electrons. The molecule has 1 N–H and O–H groups in total. The van der Waals surface area contributed by atoms with E-state index in [0.717, 1.165) is 16.5 Å². The summed E-state index contributed by atoms with van der Waals surface area (Å²) in [4.78, 5) is 29.1. The van der Waals surface area contributed by atoms with Crippen molar-refractivity contribution >= 4 is 16.8 Å². The fourth-order valence-electron chi connectivity index (χ4n) is 2.70. The molecule has 0 aliphatic rings. The summed E-state index contributed by atoms with van der Waals surface area (Å²) in [5, 5.41) is 0.964. The first-order valence-electron chi connectivity index (χ1n) is 7.64. The summed E-state index contributed by atoms with van der Waals surface area (Å²) < 4.78 is 0. The second-order valence-electron chi connectivity index (χ2n) is 5.39. The molecule has 0 aliphatic heterocycles. The minimum atomic E-state index is -0.151. The first-order chi connectivity index (χ1) is 11.2. The van der Waals surface area contributed by atoms with Crippen molar-refractivity contribution in [1.29, 1.82) is 0 Å². The second kappa shape index (κ2) is 6.48. The van der Waals surface area contributed by atoms with Gasteiger partial charge in [-0.3, -0.25) is 9.59 Å². The Hall–Kier alpha value is -2.88. The molecule has 0 fully saturated rings. The Labute approximate surface area is 134 Å². The second-order valence-corrected chi connectivity index (χ2v) is 5.39. The van der Waals surface area contributed by atoms with Gasteiger partial charge in [0.2, 0.25) is 5.56 Å². The number of hydrogen-bond donors (Lipinski definition) is 1. The number of nitrogens with one attached hydrogen (secondary N) is 1. The van der Waals surface area contributed by atoms with Gasteiger partial charge in [-0.25, -0.2) is 0 Å². The third-order valence-corrected chi connectivity index (χ3v) is 3.89. The topological polar surface area (TPSA) is 53.2 Å². The summed E-state index contributed by atoms with van der Waals surface area (Å²) in [6.45, 7) is 2.93. The van der Waals surface area contributed by atoms with Gasteiger partial charge in [-0.2, -0.15) is 0 Å². The largest absolute Gasteiger partial charge is 0.335 e. The molecule has 1 aromatic heterocycles. The molecule has 0 spiro atoms. The molecule has 0 radical (unpaired) electrons. The molecule has 23 heavy (non-hydrogen) atoms. The molecule has 3 aromatic rings. The smallest absolute Gasteiger partial charge is 0.254 e. The van der Waals surface area contributed by atoms with Crippen molar-refractivity contribution in [2.24, 2.45) is 0 Å². The van der Waals surface area contributed by atoms with Crippen LogP contribution in [0.1, 0.15) is 22.8 Å². The number of pyridine rings is 1. The molecule has 2 aromatic carbocycles. The van der Waals surface area contributed by atoms with Gasteiger partial charge in [-0.05, 0) is 30.7 Å². The summed E-state index contributed by atoms with van der Waals surface area (Å²) >= 11 is 0. The van der Waals surface area contributed by atoms with Gasteiger partial charge >= 0.3 is 0 Å². The third kappa shape index (κ3) is 3.16. The Morgan fingerprint density at radius 3 is 2.48 bits per heavy atom. The maximum absolute atomic E-state index is 12.6. The maximum atomic E-state index is 12.6. The SMILES string of the molecule is CCN(Cc1cc(=O)[nH]c2ccccc12)C(=O)c1ccccc1. The molecule has 4 nitrogen and oxygen atoms in total. The zero-order valence-electron chi connectivity index (χ0n) is 13.0. The van der Waals surface area contributed by atoms with Gasteiger partial charge in [0.1, 0.15) is 0 Å². The molecular formula is C19H18N2O2. The van der Waals surface area contributed by atoms with Crippen LogP contribution in [-0.4, -0.2) is 22.3 Å². The minimum absolute atomic E-state index is 0.0301. The van der Waals surface area contributed by atoms with Crippen molar-refractivity contribution in [3.63, 3.8) is 0 Å². The van der Waals surface area contributed by atoms with E-state index in [1.54, 1.807) is 23.1 Å². The van der Waals surface area contributed by atoms with E-state index in [1.807, 2.05) is 49.4 Å². The lowest BCUT2D eigenvalue weighted by Crippen LogP contribution is -2.30. The molecule has 1 amide bonds. The van der Waals surface area contributed by atoms with Crippen molar-refractivity contribution in [3.05, 3.63) is 82.1 Å². The average Bonchev–Trinajstić information content (AvgIpc) is 2.59. The van der Waals surface area contributed by atoms with Crippen LogP contribution in [0.2, 0.25) is 0 Å². The van der Waals surface area contributed by atoms with E-state index < -0.39 is 0 Å². The predicted molar refractivity (Wildman–Crippen MR) is 91.4 cm³/mol. The number of carbonyl (C=O) groups is 1. The number of hydrogen-bond acceptors (Lipinski definition) is 2. The quantitative estimate of drug-likeness (QED) is 0.805. The monoisotopic (exact) mass is 306 g/mol. The predicted octanol–water partition coefficient (Wildman–Crippen LogP) is 3.19. The lowest BCUT2D eigenvalue weighted by molar-refractivity contribution is 0.0753. The van der Waals surface area contributed by atoms with Gasteiger partial charge in [0.25, 0.3) is 5.91 Å². The van der Waals surface area contributed by atoms with Crippen LogP contribution in [0.15, 0.2) is 65.5 Å². The zero-order valence-corrected chi connectivity index (χ0v) is 13.0. The highest BCUT2D eigenvalue weighted by Gasteiger charge is 2.15. The van der Waals surface area contributed by atoms with E-state index >= 15 is 0 Å². The summed E-state index contributed by atoms with van der Waals surface area (Å²) in [6.07, 6.45) is 0. The Kier molecular flexibility index (Phi) is 4.24. The number of fused-ring (bicyclic) bond motifs is 1. The van der Waals surface area contributed by atoms with Crippen LogP contribution in [0, 0.1) is 0 Å². The molecule has 0 unspecified atom stereocenters. The molecule has 4 heteroatoms. The maximum Gasteiger partial charge on any atom is 0.254 e. The van der Waals surface area contributed by atoms with Crippen molar-refractivity contribution in [1.82, 2.24) is 9.88 Å². The Morgan fingerprint density at radius 2 is 1.74 bits per heavy atom. The number of rotatable bonds is 4. The number of nitrogens with zero attached hydrogens (tertiary/aromatic N) is 1. The van der Waals surface area contributed by atoms with Gasteiger partial charge in [-0.1, -0.05) is 36.4 Å². The number of carbonyl (C=O) groups excluding carboxylic acids is 1. The molecular weight excluding hydrogens is 288 g/mol. The molecule has 0 saturated heterocycles. The van der Waals surface area contributed by atoms with Crippen molar-refractivity contribution in [2.75, 3.05) is 6.54 Å². The zero-order chi connectivity index (χ0) is 16.2. The first-order valence-corrected chi connectivity index (χ1v) is 7.64. The third-order valence-electron chi connectivity index (χ3n) is 3.89. The van der Waals surface area contributed by atoms with E-state index in [1.165, 1.54) is 0 Å². The lowest BCUT2D eigenvalue weighted by atomic mass is 10.1. The summed E-state index contributed by atoms with van der Waals surface area (Å²) in [5.74, 6) is -0.0301. The normalized spacial score (nSPS) is 10.7. The van der Waals surface area contributed by atoms with Crippen LogP contribution < -0.4 is 5.56 Å². The van der Waals surface area contributed by atoms with Crippen LogP contribution in [0.25, 0.3) is 10.9 Å². The molecule has 0 bridgehead atoms. The van der Waals surface area contributed by atoms with E-state index in [2.05, 4.69) is 4.98 Å². The van der Waals surface area contributed by atoms with Gasteiger partial charge in [0.05, 0.1) is 0 Å². The highest BCUT2D eigenvalue weighted by atomic mass is 16.2. The van der Waals surface area contributed by atoms with E-state index in [9.17, 15) is 9.59 Å². The van der Waals surface area contributed by atoms with E-state index in [0.29, 0.717) is 18.7 Å². The average molecular weight is 306 g/mol. The fourth-order valence-corrected chi connectivity index (χ4v) is 2.70. The minimum Gasteiger partial charge on any atom is -0.335 e. The van der Waals surface area contributed by atoms with Crippen LogP contribution >= 0.6 is 0 Å². The molecule has 3 rings (SSSR count). The number of benzene rings is 2. The highest BCUT2D eigenvalue weighted by molar-refractivity contribution is 5.94. The van der Waals surface area contributed by atoms with Gasteiger partial charge in [-0.15, -0.1) is 0 Å². The van der Waals surface area contributed by atoms with Crippen LogP contribution in [-0.2, 0) is 6.54 Å². The van der Waals surface area contributed by atoms with Gasteiger partial charge < -0.3 is 9.88 Å². The summed E-state index contributed by atoms with van der Waals surface area (Å²) in [5.41, 5.74) is 2.15. The van der Waals surface area contributed by atoms with Gasteiger partial charge in [0.15, 0.2) is 0 Å². The Bertz CT molecular complexity index is 885. The van der Waals surface area contributed by atoms with Crippen molar-refractivity contribution in [3.8, 4) is 0 Å². The number of para-hydroxylation sites is 1. The first kappa shape index (κ1) is 15.0. The van der Waals surface area contributed by atoms with Gasteiger partial charge in [0, 0.05) is 35.6 Å². The van der Waals surface area contributed by atoms with Crippen molar-refractivity contribution in [2.45, 2.75) is 13.5 Å². The van der Waals surface area contributed by atoms with E-state index in [4.69, 9.17) is 0 Å². The Morgan fingerprint density at radius 1 is 1.04 bits per heavy atom. The highest BCUT2D eigenvalue weighted by Crippen LogP contribution is 2.17. The number of aromatic amines is 1. The van der Waals surface area contributed by atoms with Crippen molar-refractivity contribution < 1.29 is 4.79 Å². The standard InChI is InChI=1S/C19H18N2O2/c1-2-21(19(23)14-8-4-3-5-9-14)13-15-12-18(22)20-17-11-7-6-10-16(15)17/h3-12H,2,13H2,1H3,(H,20,22). The lowest BCUT2D eigenvalue weighted by Gasteiger charge is -2.21. The molecule has 1 heterocycles. The Balaban J connectivity index is 1.96. The molecule has 0 saturated carbocycles. The molecule has 0 atom stereocenters. The number of aromatic nitrogens is 1. The van der Waals surface area contributed by atoms with Crippen LogP contribution in [0.3, 0.4) is 0 Å². The number of H-pyrrole nitrogens is 1. The fraction of sp³-hybridized carbons (Fsp3) is 0.158.